The van der Waals surface area contributed by atoms with Crippen molar-refractivity contribution < 1.29 is 4.79 Å². The second-order valence-corrected chi connectivity index (χ2v) is 9.34. The molecule has 2 heterocycles. The minimum absolute atomic E-state index is 0.360. The van der Waals surface area contributed by atoms with Gasteiger partial charge in [0.2, 0.25) is 5.91 Å². The first-order valence-corrected chi connectivity index (χ1v) is 10.8. The van der Waals surface area contributed by atoms with Gasteiger partial charge >= 0.3 is 0 Å². The van der Waals surface area contributed by atoms with Crippen molar-refractivity contribution in [2.45, 2.75) is 42.6 Å². The third-order valence-electron chi connectivity index (χ3n) is 4.30. The van der Waals surface area contributed by atoms with E-state index < -0.39 is 0 Å². The number of hydrogen-bond acceptors (Lipinski definition) is 4. The topological polar surface area (TPSA) is 20.3 Å². The Morgan fingerprint density at radius 3 is 2.90 bits per heavy atom. The summed E-state index contributed by atoms with van der Waals surface area (Å²) in [6.07, 6.45) is 6.44. The molecule has 116 valence electrons. The predicted molar refractivity (Wildman–Crippen MR) is 95.4 cm³/mol. The number of thioether (sulfide) groups is 2. The number of carbonyl (C=O) groups excluding carboxylic acids is 1. The van der Waals surface area contributed by atoms with Crippen LogP contribution in [0.5, 0.6) is 0 Å². The quantitative estimate of drug-likeness (QED) is 0.808. The van der Waals surface area contributed by atoms with Crippen LogP contribution in [0.4, 0.5) is 0 Å². The van der Waals surface area contributed by atoms with Crippen molar-refractivity contribution in [1.29, 1.82) is 0 Å². The highest BCUT2D eigenvalue weighted by atomic mass is 32.2. The van der Waals surface area contributed by atoms with Gasteiger partial charge in [0.05, 0.1) is 5.75 Å². The van der Waals surface area contributed by atoms with Gasteiger partial charge in [-0.25, -0.2) is 0 Å². The van der Waals surface area contributed by atoms with Crippen LogP contribution in [-0.2, 0) is 4.79 Å². The molecule has 3 rings (SSSR count). The molecule has 0 radical (unpaired) electrons. The molecule has 1 aliphatic carbocycles. The molecule has 1 aromatic heterocycles. The van der Waals surface area contributed by atoms with Crippen LogP contribution in [0.2, 0.25) is 0 Å². The number of carbonyl (C=O) groups is 1. The van der Waals surface area contributed by atoms with Gasteiger partial charge in [-0.2, -0.15) is 11.8 Å². The van der Waals surface area contributed by atoms with Gasteiger partial charge in [-0.15, -0.1) is 23.1 Å². The minimum Gasteiger partial charge on any atom is -0.341 e. The Morgan fingerprint density at radius 1 is 1.29 bits per heavy atom. The third kappa shape index (κ3) is 4.42. The molecule has 0 N–H and O–H groups in total. The van der Waals surface area contributed by atoms with Gasteiger partial charge in [0.1, 0.15) is 0 Å². The predicted octanol–water partition coefficient (Wildman–Crippen LogP) is 4.43. The van der Waals surface area contributed by atoms with Gasteiger partial charge < -0.3 is 4.90 Å². The van der Waals surface area contributed by atoms with Crippen molar-refractivity contribution in [3.8, 4) is 0 Å². The average molecular weight is 342 g/mol. The highest BCUT2D eigenvalue weighted by Gasteiger charge is 2.24. The fourth-order valence-electron chi connectivity index (χ4n) is 3.06. The Labute approximate surface area is 140 Å². The molecule has 1 aliphatic heterocycles. The Balaban J connectivity index is 1.46. The van der Waals surface area contributed by atoms with Crippen LogP contribution in [0.1, 0.15) is 42.2 Å². The third-order valence-corrected chi connectivity index (χ3v) is 8.10. The van der Waals surface area contributed by atoms with Gasteiger partial charge in [-0.1, -0.05) is 18.9 Å². The molecule has 0 aromatic carbocycles. The van der Waals surface area contributed by atoms with Gasteiger partial charge in [-0.3, -0.25) is 4.79 Å². The maximum absolute atomic E-state index is 12.4. The van der Waals surface area contributed by atoms with E-state index >= 15 is 0 Å². The smallest absolute Gasteiger partial charge is 0.232 e. The molecule has 0 bridgehead atoms. The van der Waals surface area contributed by atoms with E-state index in [-0.39, 0.29) is 0 Å². The molecule has 1 aromatic rings. The molecule has 1 amide bonds. The summed E-state index contributed by atoms with van der Waals surface area (Å²) in [4.78, 5) is 16.0. The lowest BCUT2D eigenvalue weighted by atomic mass is 10.2. The molecule has 2 nitrogen and oxygen atoms in total. The first-order chi connectivity index (χ1) is 10.3. The lowest BCUT2D eigenvalue weighted by Crippen LogP contribution is -2.34. The number of thiophene rings is 1. The first kappa shape index (κ1) is 15.8. The van der Waals surface area contributed by atoms with Crippen LogP contribution in [-0.4, -0.2) is 40.7 Å². The highest BCUT2D eigenvalue weighted by Crippen LogP contribution is 2.37. The molecule has 21 heavy (non-hydrogen) atoms. The molecular weight excluding hydrogens is 318 g/mol. The van der Waals surface area contributed by atoms with Crippen LogP contribution in [0.15, 0.2) is 17.5 Å². The van der Waals surface area contributed by atoms with Gasteiger partial charge in [0, 0.05) is 34.2 Å². The summed E-state index contributed by atoms with van der Waals surface area (Å²) in [5, 5.41) is 3.49. The molecule has 2 aliphatic rings. The number of nitrogens with zero attached hydrogens (tertiary/aromatic N) is 1. The van der Waals surface area contributed by atoms with Crippen molar-refractivity contribution in [2.24, 2.45) is 0 Å². The number of rotatable bonds is 4. The second-order valence-electron chi connectivity index (χ2n) is 5.76. The van der Waals surface area contributed by atoms with E-state index in [4.69, 9.17) is 0 Å². The molecular formula is C16H23NOS3. The summed E-state index contributed by atoms with van der Waals surface area (Å²) in [5.41, 5.74) is 0. The fourth-order valence-corrected chi connectivity index (χ4v) is 6.52. The van der Waals surface area contributed by atoms with Crippen molar-refractivity contribution in [3.05, 3.63) is 22.4 Å². The normalized spacial score (nSPS) is 24.2. The second kappa shape index (κ2) is 7.93. The Hall–Kier alpha value is -0.130. The molecule has 0 spiro atoms. The Kier molecular flexibility index (Phi) is 5.95. The van der Waals surface area contributed by atoms with E-state index in [9.17, 15) is 4.79 Å². The average Bonchev–Trinajstić information content (AvgIpc) is 3.15. The molecule has 1 saturated heterocycles. The number of hydrogen-bond donors (Lipinski definition) is 0. The molecule has 2 fully saturated rings. The SMILES string of the molecule is O=C(CSC1CCCC1)N1CCSC(c2cccs2)CC1. The number of amides is 1. The van der Waals surface area contributed by atoms with Crippen molar-refractivity contribution in [2.75, 3.05) is 24.6 Å². The highest BCUT2D eigenvalue weighted by molar-refractivity contribution is 8.00. The molecule has 1 unspecified atom stereocenters. The molecule has 1 saturated carbocycles. The van der Waals surface area contributed by atoms with Crippen LogP contribution in [0.25, 0.3) is 0 Å². The Morgan fingerprint density at radius 2 is 2.14 bits per heavy atom. The van der Waals surface area contributed by atoms with Crippen molar-refractivity contribution in [3.63, 3.8) is 0 Å². The van der Waals surface area contributed by atoms with E-state index in [0.717, 1.165) is 30.5 Å². The van der Waals surface area contributed by atoms with E-state index in [1.165, 1.54) is 30.6 Å². The monoisotopic (exact) mass is 341 g/mol. The first-order valence-electron chi connectivity index (χ1n) is 7.87. The lowest BCUT2D eigenvalue weighted by molar-refractivity contribution is -0.128. The van der Waals surface area contributed by atoms with E-state index in [1.807, 2.05) is 34.9 Å². The lowest BCUT2D eigenvalue weighted by Gasteiger charge is -2.21. The summed E-state index contributed by atoms with van der Waals surface area (Å²) in [7, 11) is 0. The van der Waals surface area contributed by atoms with Gasteiger partial charge in [0.15, 0.2) is 0 Å². The maximum atomic E-state index is 12.4. The van der Waals surface area contributed by atoms with Crippen LogP contribution in [0, 0.1) is 0 Å². The van der Waals surface area contributed by atoms with Crippen LogP contribution in [0.3, 0.4) is 0 Å². The van der Waals surface area contributed by atoms with E-state index in [2.05, 4.69) is 22.4 Å². The Bertz CT molecular complexity index is 442. The van der Waals surface area contributed by atoms with E-state index in [0.29, 0.717) is 16.9 Å². The van der Waals surface area contributed by atoms with Crippen LogP contribution < -0.4 is 0 Å². The fraction of sp³-hybridized carbons (Fsp3) is 0.688. The zero-order chi connectivity index (χ0) is 14.5. The van der Waals surface area contributed by atoms with Gasteiger partial charge in [0.25, 0.3) is 0 Å². The summed E-state index contributed by atoms with van der Waals surface area (Å²) in [5.74, 6) is 2.13. The molecule has 5 heteroatoms. The molecule has 1 atom stereocenters. The summed E-state index contributed by atoms with van der Waals surface area (Å²) < 4.78 is 0. The minimum atomic E-state index is 0.360. The van der Waals surface area contributed by atoms with Crippen molar-refractivity contribution >= 4 is 40.8 Å². The zero-order valence-electron chi connectivity index (χ0n) is 12.3. The van der Waals surface area contributed by atoms with Crippen molar-refractivity contribution in [1.82, 2.24) is 4.90 Å². The van der Waals surface area contributed by atoms with Crippen LogP contribution >= 0.6 is 34.9 Å². The van der Waals surface area contributed by atoms with Gasteiger partial charge in [-0.05, 0) is 30.7 Å². The summed E-state index contributed by atoms with van der Waals surface area (Å²) >= 11 is 5.76. The summed E-state index contributed by atoms with van der Waals surface area (Å²) in [6, 6.07) is 4.36. The zero-order valence-corrected chi connectivity index (χ0v) is 14.8. The van der Waals surface area contributed by atoms with E-state index in [1.54, 1.807) is 0 Å². The largest absolute Gasteiger partial charge is 0.341 e. The summed E-state index contributed by atoms with van der Waals surface area (Å²) in [6.45, 7) is 1.86. The standard InChI is InChI=1S/C16H23NOS3/c18-16(12-21-13-4-1-2-5-13)17-8-7-15(20-11-9-17)14-6-3-10-19-14/h3,6,10,13,15H,1-2,4-5,7-9,11-12H2. The maximum Gasteiger partial charge on any atom is 0.232 e.